The third-order valence-corrected chi connectivity index (χ3v) is 3.32. The van der Waals surface area contributed by atoms with Gasteiger partial charge < -0.3 is 20.5 Å². The Balaban J connectivity index is 2.52. The van der Waals surface area contributed by atoms with Crippen molar-refractivity contribution >= 4 is 27.7 Å². The van der Waals surface area contributed by atoms with Crippen LogP contribution in [0.4, 0.5) is 0 Å². The summed E-state index contributed by atoms with van der Waals surface area (Å²) >= 11 is 3.28. The Bertz CT molecular complexity index is 484. The monoisotopic (exact) mass is 359 g/mol. The number of nitrogens with zero attached hydrogens (tertiary/aromatic N) is 1. The third kappa shape index (κ3) is 6.65. The summed E-state index contributed by atoms with van der Waals surface area (Å²) < 4.78 is 10.5. The lowest BCUT2D eigenvalue weighted by atomic mass is 10.1. The van der Waals surface area contributed by atoms with E-state index in [0.717, 1.165) is 5.56 Å². The van der Waals surface area contributed by atoms with Gasteiger partial charge in [0.2, 0.25) is 11.8 Å². The van der Waals surface area contributed by atoms with Crippen LogP contribution in [0.2, 0.25) is 0 Å². The highest BCUT2D eigenvalue weighted by Crippen LogP contribution is 2.14. The molecule has 0 aliphatic rings. The number of hydrogen-bond acceptors (Lipinski definition) is 5. The van der Waals surface area contributed by atoms with Gasteiger partial charge in [0.1, 0.15) is 17.3 Å². The average molecular weight is 360 g/mol. The lowest BCUT2D eigenvalue weighted by molar-refractivity contribution is -0.130. The molecule has 0 aromatic carbocycles. The van der Waals surface area contributed by atoms with E-state index in [1.165, 1.54) is 7.11 Å². The summed E-state index contributed by atoms with van der Waals surface area (Å²) in [6, 6.07) is 2.73. The molecule has 0 saturated carbocycles. The van der Waals surface area contributed by atoms with Gasteiger partial charge in [-0.05, 0) is 27.6 Å². The Morgan fingerprint density at radius 1 is 1.48 bits per heavy atom. The van der Waals surface area contributed by atoms with Crippen LogP contribution in [0.3, 0.4) is 0 Å². The Labute approximate surface area is 131 Å². The standard InChI is InChI=1S/C13H18BrN3O4/c1-20-5-6-21-8-11(18)17-10(13(15)19)7-9-3-2-4-16-12(9)14/h2-4,10H,5-8H2,1H3,(H2,15,19)(H,17,18)/t10-/m1/s1. The molecule has 0 aliphatic heterocycles. The van der Waals surface area contributed by atoms with Crippen LogP contribution in [0.25, 0.3) is 0 Å². The first-order valence-electron chi connectivity index (χ1n) is 6.29. The number of amides is 2. The van der Waals surface area contributed by atoms with Gasteiger partial charge in [0.25, 0.3) is 0 Å². The van der Waals surface area contributed by atoms with E-state index in [1.54, 1.807) is 18.3 Å². The molecule has 0 unspecified atom stereocenters. The van der Waals surface area contributed by atoms with Crippen LogP contribution in [0, 0.1) is 0 Å². The molecule has 7 nitrogen and oxygen atoms in total. The van der Waals surface area contributed by atoms with Gasteiger partial charge in [0.05, 0.1) is 13.2 Å². The smallest absolute Gasteiger partial charge is 0.246 e. The van der Waals surface area contributed by atoms with Crippen LogP contribution in [-0.4, -0.2) is 49.8 Å². The average Bonchev–Trinajstić information content (AvgIpc) is 2.45. The number of methoxy groups -OCH3 is 1. The Morgan fingerprint density at radius 2 is 2.24 bits per heavy atom. The number of pyridine rings is 1. The molecule has 3 N–H and O–H groups in total. The first-order chi connectivity index (χ1) is 10.0. The minimum Gasteiger partial charge on any atom is -0.382 e. The fourth-order valence-corrected chi connectivity index (χ4v) is 1.97. The van der Waals surface area contributed by atoms with Crippen molar-refractivity contribution in [2.45, 2.75) is 12.5 Å². The second kappa shape index (κ2) is 9.43. The predicted octanol–water partition coefficient (Wildman–Crippen LogP) is 0.0197. The zero-order chi connectivity index (χ0) is 15.7. The summed E-state index contributed by atoms with van der Waals surface area (Å²) in [7, 11) is 1.54. The number of primary amides is 1. The first kappa shape index (κ1) is 17.5. The molecule has 2 amide bonds. The zero-order valence-corrected chi connectivity index (χ0v) is 13.3. The number of nitrogens with one attached hydrogen (secondary N) is 1. The van der Waals surface area contributed by atoms with Crippen molar-refractivity contribution in [3.05, 3.63) is 28.5 Å². The molecule has 0 radical (unpaired) electrons. The summed E-state index contributed by atoms with van der Waals surface area (Å²) in [5, 5.41) is 2.54. The van der Waals surface area contributed by atoms with E-state index in [2.05, 4.69) is 26.2 Å². The van der Waals surface area contributed by atoms with Gasteiger partial charge >= 0.3 is 0 Å². The van der Waals surface area contributed by atoms with Crippen LogP contribution in [0.5, 0.6) is 0 Å². The van der Waals surface area contributed by atoms with Crippen LogP contribution in [0.1, 0.15) is 5.56 Å². The topological polar surface area (TPSA) is 104 Å². The van der Waals surface area contributed by atoms with E-state index in [0.29, 0.717) is 17.8 Å². The van der Waals surface area contributed by atoms with E-state index < -0.39 is 17.9 Å². The highest BCUT2D eigenvalue weighted by Gasteiger charge is 2.19. The van der Waals surface area contributed by atoms with E-state index in [4.69, 9.17) is 15.2 Å². The fourth-order valence-electron chi connectivity index (χ4n) is 1.56. The van der Waals surface area contributed by atoms with Crippen molar-refractivity contribution in [3.8, 4) is 0 Å². The molecule has 0 saturated heterocycles. The summed E-state index contributed by atoms with van der Waals surface area (Å²) in [6.45, 7) is 0.551. The molecule has 1 aromatic rings. The summed E-state index contributed by atoms with van der Waals surface area (Å²) in [4.78, 5) is 27.2. The summed E-state index contributed by atoms with van der Waals surface area (Å²) in [5.74, 6) is -1.02. The number of aromatic nitrogens is 1. The van der Waals surface area contributed by atoms with Gasteiger partial charge in [-0.3, -0.25) is 9.59 Å². The zero-order valence-electron chi connectivity index (χ0n) is 11.7. The molecule has 116 valence electrons. The Kier molecular flexibility index (Phi) is 7.88. The molecule has 1 aromatic heterocycles. The first-order valence-corrected chi connectivity index (χ1v) is 7.08. The van der Waals surface area contributed by atoms with E-state index in [1.807, 2.05) is 0 Å². The molecular weight excluding hydrogens is 342 g/mol. The van der Waals surface area contributed by atoms with Crippen LogP contribution < -0.4 is 11.1 Å². The number of carbonyl (C=O) groups is 2. The highest BCUT2D eigenvalue weighted by molar-refractivity contribution is 9.10. The Morgan fingerprint density at radius 3 is 2.86 bits per heavy atom. The molecule has 0 spiro atoms. The van der Waals surface area contributed by atoms with Crippen molar-refractivity contribution in [1.82, 2.24) is 10.3 Å². The maximum atomic E-state index is 11.7. The molecule has 0 fully saturated rings. The predicted molar refractivity (Wildman–Crippen MR) is 79.5 cm³/mol. The second-order valence-electron chi connectivity index (χ2n) is 4.23. The minimum absolute atomic E-state index is 0.151. The number of nitrogens with two attached hydrogens (primary N) is 1. The number of halogens is 1. The third-order valence-electron chi connectivity index (χ3n) is 2.60. The fraction of sp³-hybridized carbons (Fsp3) is 0.462. The molecule has 1 atom stereocenters. The lowest BCUT2D eigenvalue weighted by Gasteiger charge is -2.16. The quantitative estimate of drug-likeness (QED) is 0.477. The largest absolute Gasteiger partial charge is 0.382 e. The molecular formula is C13H18BrN3O4. The van der Waals surface area contributed by atoms with Crippen LogP contribution >= 0.6 is 15.9 Å². The molecule has 1 heterocycles. The molecule has 1 rings (SSSR count). The number of rotatable bonds is 9. The molecule has 0 aliphatic carbocycles. The van der Waals surface area contributed by atoms with Crippen molar-refractivity contribution in [2.24, 2.45) is 5.73 Å². The van der Waals surface area contributed by atoms with Crippen molar-refractivity contribution < 1.29 is 19.1 Å². The van der Waals surface area contributed by atoms with Crippen LogP contribution in [0.15, 0.2) is 22.9 Å². The van der Waals surface area contributed by atoms with Gasteiger partial charge in [-0.2, -0.15) is 0 Å². The van der Waals surface area contributed by atoms with Gasteiger partial charge in [0, 0.05) is 19.7 Å². The maximum absolute atomic E-state index is 11.7. The lowest BCUT2D eigenvalue weighted by Crippen LogP contribution is -2.47. The SMILES string of the molecule is COCCOCC(=O)N[C@H](Cc1cccnc1Br)C(N)=O. The summed E-state index contributed by atoms with van der Waals surface area (Å²) in [6.07, 6.45) is 1.88. The van der Waals surface area contributed by atoms with E-state index in [9.17, 15) is 9.59 Å². The normalized spacial score (nSPS) is 11.9. The molecule has 8 heteroatoms. The van der Waals surface area contributed by atoms with Crippen molar-refractivity contribution in [2.75, 3.05) is 26.9 Å². The molecule has 0 bridgehead atoms. The van der Waals surface area contributed by atoms with Gasteiger partial charge in [-0.25, -0.2) is 4.98 Å². The number of ether oxygens (including phenoxy) is 2. The van der Waals surface area contributed by atoms with E-state index in [-0.39, 0.29) is 13.0 Å². The van der Waals surface area contributed by atoms with Crippen molar-refractivity contribution in [3.63, 3.8) is 0 Å². The van der Waals surface area contributed by atoms with Gasteiger partial charge in [-0.15, -0.1) is 0 Å². The highest BCUT2D eigenvalue weighted by atomic mass is 79.9. The van der Waals surface area contributed by atoms with Crippen LogP contribution in [-0.2, 0) is 25.5 Å². The maximum Gasteiger partial charge on any atom is 0.246 e. The minimum atomic E-state index is -0.816. The number of carbonyl (C=O) groups excluding carboxylic acids is 2. The van der Waals surface area contributed by atoms with Crippen molar-refractivity contribution in [1.29, 1.82) is 0 Å². The van der Waals surface area contributed by atoms with E-state index >= 15 is 0 Å². The molecule has 21 heavy (non-hydrogen) atoms. The Hall–Kier alpha value is -1.51. The van der Waals surface area contributed by atoms with Gasteiger partial charge in [0.15, 0.2) is 0 Å². The second-order valence-corrected chi connectivity index (χ2v) is 4.98. The number of hydrogen-bond donors (Lipinski definition) is 2. The summed E-state index contributed by atoms with van der Waals surface area (Å²) in [5.41, 5.74) is 6.09. The van der Waals surface area contributed by atoms with Gasteiger partial charge in [-0.1, -0.05) is 6.07 Å².